The number of pyridine rings is 1. The quantitative estimate of drug-likeness (QED) is 0.461. The van der Waals surface area contributed by atoms with Crippen molar-refractivity contribution in [2.75, 3.05) is 0 Å². The lowest BCUT2D eigenvalue weighted by atomic mass is 9.63. The monoisotopic (exact) mass is 483 g/mol. The largest absolute Gasteiger partial charge is 0.406 e. The number of rotatable bonds is 4. The fourth-order valence-electron chi connectivity index (χ4n) is 5.22. The van der Waals surface area contributed by atoms with Crippen molar-refractivity contribution in [2.24, 2.45) is 12.8 Å². The highest BCUT2D eigenvalue weighted by molar-refractivity contribution is 6.01. The number of benzene rings is 1. The Bertz CT molecular complexity index is 1460. The molecule has 0 bridgehead atoms. The fourth-order valence-corrected chi connectivity index (χ4v) is 5.22. The molecular weight excluding hydrogens is 459 g/mol. The summed E-state index contributed by atoms with van der Waals surface area (Å²) in [5, 5.41) is 10.2. The van der Waals surface area contributed by atoms with Crippen molar-refractivity contribution in [1.29, 1.82) is 0 Å². The molecule has 3 aromatic heterocycles. The van der Waals surface area contributed by atoms with Crippen LogP contribution < -0.4 is 11.3 Å². The summed E-state index contributed by atoms with van der Waals surface area (Å²) in [6, 6.07) is 12.6. The van der Waals surface area contributed by atoms with Crippen LogP contribution in [0.4, 0.5) is 13.2 Å². The lowest BCUT2D eigenvalue weighted by Crippen LogP contribution is -2.58. The molecule has 35 heavy (non-hydrogen) atoms. The number of nitrogens with zero attached hydrogens (tertiary/aromatic N) is 4. The van der Waals surface area contributed by atoms with Crippen molar-refractivity contribution in [3.05, 3.63) is 70.9 Å². The summed E-state index contributed by atoms with van der Waals surface area (Å²) in [4.78, 5) is 21.8. The minimum Gasteiger partial charge on any atom is -0.390 e. The number of nitrogens with two attached hydrogens (primary N) is 1. The maximum absolute atomic E-state index is 13.2. The molecule has 7 nitrogen and oxygen atoms in total. The molecule has 0 unspecified atom stereocenters. The van der Waals surface area contributed by atoms with Gasteiger partial charge in [0.1, 0.15) is 18.5 Å². The van der Waals surface area contributed by atoms with Gasteiger partial charge in [0.25, 0.3) is 5.56 Å². The van der Waals surface area contributed by atoms with E-state index in [-0.39, 0.29) is 11.0 Å². The van der Waals surface area contributed by atoms with Crippen LogP contribution in [0.15, 0.2) is 59.8 Å². The van der Waals surface area contributed by atoms with Crippen LogP contribution in [0, 0.1) is 0 Å². The van der Waals surface area contributed by atoms with Crippen LogP contribution in [0.25, 0.3) is 33.5 Å². The highest BCUT2D eigenvalue weighted by Crippen LogP contribution is 2.46. The van der Waals surface area contributed by atoms with Crippen molar-refractivity contribution < 1.29 is 18.3 Å². The molecule has 1 fully saturated rings. The van der Waals surface area contributed by atoms with E-state index in [1.54, 1.807) is 42.9 Å². The molecule has 3 N–H and O–H groups in total. The van der Waals surface area contributed by atoms with Crippen LogP contribution >= 0.6 is 0 Å². The second-order valence-corrected chi connectivity index (χ2v) is 9.57. The summed E-state index contributed by atoms with van der Waals surface area (Å²) in [5.74, 6) is 0. The van der Waals surface area contributed by atoms with E-state index in [2.05, 4.69) is 9.97 Å². The van der Waals surface area contributed by atoms with Gasteiger partial charge in [0, 0.05) is 24.3 Å². The highest BCUT2D eigenvalue weighted by Gasteiger charge is 2.49. The summed E-state index contributed by atoms with van der Waals surface area (Å²) in [6.45, 7) is 0.317. The van der Waals surface area contributed by atoms with Gasteiger partial charge in [-0.2, -0.15) is 13.2 Å². The van der Waals surface area contributed by atoms with Gasteiger partial charge in [0.05, 0.1) is 22.4 Å². The fraction of sp³-hybridized carbons (Fsp3) is 0.320. The van der Waals surface area contributed by atoms with E-state index < -0.39 is 29.4 Å². The summed E-state index contributed by atoms with van der Waals surface area (Å²) >= 11 is 0. The minimum absolute atomic E-state index is 0.0716. The SMILES string of the molecule is Cn1c(-c2ccc(C3(N)CC(C)(O)C3)cc2)c(-c2ccccn2)c2c(=O)n(CC(F)(F)F)cnc21. The van der Waals surface area contributed by atoms with Gasteiger partial charge >= 0.3 is 6.18 Å². The van der Waals surface area contributed by atoms with E-state index in [0.717, 1.165) is 17.5 Å². The van der Waals surface area contributed by atoms with Crippen LogP contribution in [-0.2, 0) is 19.1 Å². The molecule has 4 aromatic rings. The molecule has 0 amide bonds. The van der Waals surface area contributed by atoms with Gasteiger partial charge < -0.3 is 15.4 Å². The zero-order chi connectivity index (χ0) is 25.2. The highest BCUT2D eigenvalue weighted by atomic mass is 19.4. The molecule has 0 aliphatic heterocycles. The number of aromatic nitrogens is 4. The summed E-state index contributed by atoms with van der Waals surface area (Å²) in [5.41, 5.74) is 7.59. The standard InChI is InChI=1S/C25H24F3N5O2/c1-23(35)11-24(29,12-23)16-8-6-15(7-9-16)20-18(17-5-3-4-10-30-17)19-21(32(20)2)31-14-33(22(19)34)13-25(26,27)28/h3-10,14,35H,11-13,29H2,1-2H3. The Labute approximate surface area is 198 Å². The molecule has 5 rings (SSSR count). The van der Waals surface area contributed by atoms with Gasteiger partial charge in [-0.25, -0.2) is 4.98 Å². The van der Waals surface area contributed by atoms with E-state index in [4.69, 9.17) is 5.73 Å². The average Bonchev–Trinajstić information content (AvgIpc) is 3.07. The van der Waals surface area contributed by atoms with Gasteiger partial charge in [0.15, 0.2) is 0 Å². The number of aliphatic hydroxyl groups is 1. The predicted octanol–water partition coefficient (Wildman–Crippen LogP) is 3.73. The first-order valence-corrected chi connectivity index (χ1v) is 11.1. The molecular formula is C25H24F3N5O2. The summed E-state index contributed by atoms with van der Waals surface area (Å²) in [7, 11) is 1.71. The number of fused-ring (bicyclic) bond motifs is 1. The Morgan fingerprint density at radius 3 is 2.37 bits per heavy atom. The Hall–Kier alpha value is -3.50. The van der Waals surface area contributed by atoms with Crippen molar-refractivity contribution in [2.45, 2.75) is 43.6 Å². The third kappa shape index (κ3) is 4.02. The van der Waals surface area contributed by atoms with Gasteiger partial charge in [-0.1, -0.05) is 30.3 Å². The topological polar surface area (TPSA) is 99.0 Å². The maximum atomic E-state index is 13.2. The molecule has 0 radical (unpaired) electrons. The first-order valence-electron chi connectivity index (χ1n) is 11.1. The van der Waals surface area contributed by atoms with Crippen molar-refractivity contribution in [3.63, 3.8) is 0 Å². The third-order valence-electron chi connectivity index (χ3n) is 6.55. The van der Waals surface area contributed by atoms with E-state index in [9.17, 15) is 23.1 Å². The Kier molecular flexibility index (Phi) is 5.15. The van der Waals surface area contributed by atoms with Gasteiger partial charge in [0.2, 0.25) is 0 Å². The Morgan fingerprint density at radius 2 is 1.80 bits per heavy atom. The lowest BCUT2D eigenvalue weighted by molar-refractivity contribution is -0.141. The molecule has 0 saturated heterocycles. The second-order valence-electron chi connectivity index (χ2n) is 9.57. The van der Waals surface area contributed by atoms with E-state index in [1.165, 1.54) is 0 Å². The number of hydrogen-bond acceptors (Lipinski definition) is 5. The van der Waals surface area contributed by atoms with Crippen molar-refractivity contribution in [1.82, 2.24) is 19.1 Å². The zero-order valence-electron chi connectivity index (χ0n) is 19.2. The second kappa shape index (κ2) is 7.76. The molecule has 10 heteroatoms. The molecule has 182 valence electrons. The van der Waals surface area contributed by atoms with Crippen LogP contribution in [0.2, 0.25) is 0 Å². The first kappa shape index (κ1) is 23.3. The van der Waals surface area contributed by atoms with E-state index in [0.29, 0.717) is 34.4 Å². The Morgan fingerprint density at radius 1 is 1.11 bits per heavy atom. The molecule has 0 spiro atoms. The van der Waals surface area contributed by atoms with Crippen LogP contribution in [0.1, 0.15) is 25.3 Å². The number of hydrogen-bond donors (Lipinski definition) is 2. The number of alkyl halides is 3. The smallest absolute Gasteiger partial charge is 0.390 e. The lowest BCUT2D eigenvalue weighted by Gasteiger charge is -2.49. The third-order valence-corrected chi connectivity index (χ3v) is 6.55. The van der Waals surface area contributed by atoms with Crippen LogP contribution in [0.5, 0.6) is 0 Å². The van der Waals surface area contributed by atoms with Crippen molar-refractivity contribution >= 4 is 11.0 Å². The predicted molar refractivity (Wildman–Crippen MR) is 125 cm³/mol. The average molecular weight is 483 g/mol. The molecule has 3 heterocycles. The first-order chi connectivity index (χ1) is 16.4. The normalized spacial score (nSPS) is 22.4. The van der Waals surface area contributed by atoms with Crippen LogP contribution in [0.3, 0.4) is 0 Å². The summed E-state index contributed by atoms with van der Waals surface area (Å²) < 4.78 is 41.5. The molecule has 1 saturated carbocycles. The molecule has 0 atom stereocenters. The zero-order valence-corrected chi connectivity index (χ0v) is 19.2. The molecule has 1 aromatic carbocycles. The number of halogens is 3. The maximum Gasteiger partial charge on any atom is 0.406 e. The van der Waals surface area contributed by atoms with Gasteiger partial charge in [-0.15, -0.1) is 0 Å². The molecule has 1 aliphatic rings. The van der Waals surface area contributed by atoms with Crippen LogP contribution in [-0.4, -0.2) is 36.0 Å². The number of aryl methyl sites for hydroxylation is 1. The van der Waals surface area contributed by atoms with Crippen molar-refractivity contribution in [3.8, 4) is 22.5 Å². The summed E-state index contributed by atoms with van der Waals surface area (Å²) in [6.07, 6.45) is -1.20. The van der Waals surface area contributed by atoms with Gasteiger partial charge in [-0.3, -0.25) is 14.3 Å². The minimum atomic E-state index is -4.57. The Balaban J connectivity index is 1.70. The van der Waals surface area contributed by atoms with Gasteiger partial charge in [-0.05, 0) is 43.0 Å². The van der Waals surface area contributed by atoms with E-state index in [1.807, 2.05) is 24.3 Å². The van der Waals surface area contributed by atoms with E-state index >= 15 is 0 Å². The molecule has 1 aliphatic carbocycles.